The molecule has 4 saturated heterocycles. The third-order valence-corrected chi connectivity index (χ3v) is 14.9. The number of nitrogen functional groups attached to an aromatic ring is 1. The zero-order valence-corrected chi connectivity index (χ0v) is 35.3. The van der Waals surface area contributed by atoms with Gasteiger partial charge in [-0.15, -0.1) is 10.2 Å². The van der Waals surface area contributed by atoms with E-state index in [9.17, 15) is 14.7 Å². The lowest BCUT2D eigenvalue weighted by molar-refractivity contribution is -0.120. The summed E-state index contributed by atoms with van der Waals surface area (Å²) in [6.07, 6.45) is 14.3. The van der Waals surface area contributed by atoms with E-state index >= 15 is 0 Å². The van der Waals surface area contributed by atoms with Crippen molar-refractivity contribution in [1.82, 2.24) is 30.0 Å². The van der Waals surface area contributed by atoms with Crippen LogP contribution in [0, 0.1) is 11.3 Å². The first-order valence-electron chi connectivity index (χ1n) is 22.7. The molecule has 2 aliphatic carbocycles. The van der Waals surface area contributed by atoms with Crippen molar-refractivity contribution in [3.05, 3.63) is 84.2 Å². The first-order chi connectivity index (χ1) is 30.3. The van der Waals surface area contributed by atoms with E-state index in [2.05, 4.69) is 71.3 Å². The molecule has 5 aromatic rings. The number of fused-ring (bicyclic) bond motifs is 1. The van der Waals surface area contributed by atoms with Gasteiger partial charge in [0.1, 0.15) is 17.5 Å². The minimum Gasteiger partial charge on any atom is -0.507 e. The predicted molar refractivity (Wildman–Crippen MR) is 239 cm³/mol. The molecular weight excluding hydrogens is 781 g/mol. The topological polar surface area (TPSA) is 158 Å². The molecule has 0 radical (unpaired) electrons. The van der Waals surface area contributed by atoms with E-state index in [4.69, 9.17) is 15.5 Å². The number of piperidine rings is 2. The number of phenolic OH excluding ortho intramolecular Hbond substituents is 1. The number of ether oxygens (including phenoxy) is 1. The van der Waals surface area contributed by atoms with Gasteiger partial charge in [-0.25, -0.2) is 9.78 Å². The zero-order chi connectivity index (χ0) is 42.0. The maximum absolute atomic E-state index is 12.6. The number of para-hydroxylation sites is 1. The number of likely N-dealkylation sites (tertiary alicyclic amines) is 1. The van der Waals surface area contributed by atoms with Crippen molar-refractivity contribution in [2.75, 3.05) is 79.4 Å². The first kappa shape index (κ1) is 39.1. The fraction of sp³-hybridized carbons (Fsp3) is 0.479. The van der Waals surface area contributed by atoms with Gasteiger partial charge in [-0.05, 0) is 129 Å². The summed E-state index contributed by atoms with van der Waals surface area (Å²) < 4.78 is 8.72. The number of nitrogens with zero attached hydrogens (tertiary/aromatic N) is 8. The lowest BCUT2D eigenvalue weighted by Gasteiger charge is -2.53. The summed E-state index contributed by atoms with van der Waals surface area (Å²) in [7, 11) is 0. The fourth-order valence-corrected chi connectivity index (χ4v) is 11.0. The Bertz CT molecular complexity index is 2480. The summed E-state index contributed by atoms with van der Waals surface area (Å²) >= 11 is 0. The highest BCUT2D eigenvalue weighted by Crippen LogP contribution is 2.56. The molecule has 14 nitrogen and oxygen atoms in total. The molecule has 2 aromatic carbocycles. The van der Waals surface area contributed by atoms with E-state index in [0.717, 1.165) is 41.6 Å². The number of hydrogen-bond acceptors (Lipinski definition) is 11. The Labute approximate surface area is 362 Å². The smallest absolute Gasteiger partial charge is 0.328 e. The van der Waals surface area contributed by atoms with Crippen LogP contribution in [-0.2, 0) is 9.53 Å². The summed E-state index contributed by atoms with van der Waals surface area (Å²) in [6, 6.07) is 20.2. The van der Waals surface area contributed by atoms with Crippen LogP contribution in [0.3, 0.4) is 0 Å². The second kappa shape index (κ2) is 15.9. The highest BCUT2D eigenvalue weighted by molar-refractivity contribution is 6.06. The quantitative estimate of drug-likeness (QED) is 0.140. The Balaban J connectivity index is 0.657. The van der Waals surface area contributed by atoms with Gasteiger partial charge in [-0.2, -0.15) is 0 Å². The number of nitrogens with one attached hydrogen (secondary N) is 1. The summed E-state index contributed by atoms with van der Waals surface area (Å²) in [5.74, 6) is 1.63. The number of nitrogens with two attached hydrogens (primary N) is 1. The lowest BCUT2D eigenvalue weighted by Crippen LogP contribution is -2.49. The normalized spacial score (nSPS) is 22.6. The van der Waals surface area contributed by atoms with Gasteiger partial charge in [0.2, 0.25) is 5.91 Å². The SMILES string of the molecule is Nc1nnc(-c2ccccc2O)cc1N1CCO[C@H](c2ccc(N3CCC(CN4CCC5(CC4)CC(n4cc(C6CC6)c6cc(N7CCC(=O)NC7=O)cnc64)C5)CC3)cc2)C1. The second-order valence-corrected chi connectivity index (χ2v) is 18.8. The number of hydrogen-bond donors (Lipinski definition) is 3. The number of carbonyl (C=O) groups is 2. The van der Waals surface area contributed by atoms with Crippen molar-refractivity contribution < 1.29 is 19.4 Å². The Morgan fingerprint density at radius 2 is 1.66 bits per heavy atom. The van der Waals surface area contributed by atoms with E-state index in [0.29, 0.717) is 67.1 Å². The third-order valence-electron chi connectivity index (χ3n) is 14.9. The van der Waals surface area contributed by atoms with Crippen molar-refractivity contribution in [3.8, 4) is 17.0 Å². The minimum atomic E-state index is -0.357. The van der Waals surface area contributed by atoms with Crippen LogP contribution in [0.2, 0.25) is 0 Å². The summed E-state index contributed by atoms with van der Waals surface area (Å²) in [5.41, 5.74) is 14.4. The highest BCUT2D eigenvalue weighted by Gasteiger charge is 2.47. The standard InChI is InChI=1S/C48H56N10O4/c49-45-41(24-40(52-53-45)37-3-1-2-4-42(37)59)56-21-22-62-43(30-56)33-7-9-34(10-8-33)55-16-11-31(12-17-55)28-54-19-14-48(15-20-54)25-36(26-48)58-29-39(32-5-6-32)38-23-35(27-50-46(38)58)57-18-13-44(60)51-47(57)61/h1-4,7-10,23-24,27,29,31-32,36,43,59H,5-6,11-22,25-26,28,30H2,(H2,49,53)(H,51,60,61)/t43-/m0/s1. The minimum absolute atomic E-state index is 0.0919. The number of pyridine rings is 1. The van der Waals surface area contributed by atoms with E-state index < -0.39 is 0 Å². The predicted octanol–water partition coefficient (Wildman–Crippen LogP) is 7.02. The molecule has 4 N–H and O–H groups in total. The molecule has 1 atom stereocenters. The number of imide groups is 1. The van der Waals surface area contributed by atoms with E-state index in [1.54, 1.807) is 17.0 Å². The number of rotatable bonds is 9. The molecule has 0 unspecified atom stereocenters. The van der Waals surface area contributed by atoms with Crippen molar-refractivity contribution in [2.45, 2.75) is 75.9 Å². The molecule has 14 heteroatoms. The van der Waals surface area contributed by atoms with Crippen LogP contribution in [0.5, 0.6) is 5.75 Å². The number of benzene rings is 2. The van der Waals surface area contributed by atoms with E-state index in [1.165, 1.54) is 87.6 Å². The van der Waals surface area contributed by atoms with Gasteiger partial charge in [0, 0.05) is 74.6 Å². The number of carbonyl (C=O) groups excluding carboxylic acids is 2. The maximum atomic E-state index is 12.6. The number of morpholine rings is 1. The van der Waals surface area contributed by atoms with Crippen LogP contribution in [0.4, 0.5) is 27.7 Å². The van der Waals surface area contributed by atoms with Gasteiger partial charge in [0.15, 0.2) is 5.82 Å². The van der Waals surface area contributed by atoms with E-state index in [1.807, 2.05) is 24.4 Å². The van der Waals surface area contributed by atoms with Crippen LogP contribution >= 0.6 is 0 Å². The average molecular weight is 837 g/mol. The molecule has 11 rings (SSSR count). The first-order valence-corrected chi connectivity index (χ1v) is 22.7. The molecule has 6 fully saturated rings. The molecule has 3 amide bonds. The molecule has 322 valence electrons. The molecule has 4 aliphatic heterocycles. The molecule has 1 spiro atoms. The summed E-state index contributed by atoms with van der Waals surface area (Å²) in [4.78, 5) is 38.4. The van der Waals surface area contributed by atoms with Gasteiger partial charge in [-0.1, -0.05) is 24.3 Å². The Hall–Kier alpha value is -5.73. The van der Waals surface area contributed by atoms with Crippen LogP contribution in [0.1, 0.15) is 87.0 Å². The molecule has 0 bridgehead atoms. The fourth-order valence-electron chi connectivity index (χ4n) is 11.0. The molecule has 62 heavy (non-hydrogen) atoms. The Morgan fingerprint density at radius 1 is 0.871 bits per heavy atom. The van der Waals surface area contributed by atoms with Gasteiger partial charge in [0.25, 0.3) is 0 Å². The van der Waals surface area contributed by atoms with Crippen LogP contribution in [0.25, 0.3) is 22.3 Å². The molecule has 7 heterocycles. The van der Waals surface area contributed by atoms with Gasteiger partial charge in [-0.3, -0.25) is 15.0 Å². The number of amides is 3. The third kappa shape index (κ3) is 7.50. The van der Waals surface area contributed by atoms with Gasteiger partial charge < -0.3 is 34.8 Å². The monoisotopic (exact) mass is 836 g/mol. The number of aromatic hydroxyl groups is 1. The van der Waals surface area contributed by atoms with Crippen molar-refractivity contribution in [1.29, 1.82) is 0 Å². The number of anilines is 4. The van der Waals surface area contributed by atoms with Crippen molar-refractivity contribution in [3.63, 3.8) is 0 Å². The van der Waals surface area contributed by atoms with Crippen LogP contribution in [0.15, 0.2) is 73.1 Å². The Morgan fingerprint density at radius 3 is 2.42 bits per heavy atom. The Kier molecular flexibility index (Phi) is 10.0. The number of phenols is 1. The highest BCUT2D eigenvalue weighted by atomic mass is 16.5. The molecule has 3 aromatic heterocycles. The van der Waals surface area contributed by atoms with Crippen molar-refractivity contribution in [2.24, 2.45) is 11.3 Å². The number of aromatic nitrogens is 4. The van der Waals surface area contributed by atoms with Crippen LogP contribution in [-0.4, -0.2) is 101 Å². The largest absolute Gasteiger partial charge is 0.507 e. The number of urea groups is 1. The lowest BCUT2D eigenvalue weighted by atomic mass is 9.60. The van der Waals surface area contributed by atoms with Gasteiger partial charge in [0.05, 0.1) is 29.9 Å². The molecular formula is C48H56N10O4. The van der Waals surface area contributed by atoms with Gasteiger partial charge >= 0.3 is 6.03 Å². The summed E-state index contributed by atoms with van der Waals surface area (Å²) in [5, 5.41) is 22.5. The summed E-state index contributed by atoms with van der Waals surface area (Å²) in [6.45, 7) is 8.07. The second-order valence-electron chi connectivity index (χ2n) is 18.8. The van der Waals surface area contributed by atoms with Crippen LogP contribution < -0.4 is 25.8 Å². The molecule has 2 saturated carbocycles. The average Bonchev–Trinajstić information content (AvgIpc) is 4.07. The molecule has 6 aliphatic rings. The van der Waals surface area contributed by atoms with E-state index in [-0.39, 0.29) is 23.8 Å². The van der Waals surface area contributed by atoms with Crippen molar-refractivity contribution >= 4 is 45.9 Å². The zero-order valence-electron chi connectivity index (χ0n) is 35.3. The maximum Gasteiger partial charge on any atom is 0.328 e.